The molecule has 1 amide bonds. The van der Waals surface area contributed by atoms with Crippen molar-refractivity contribution in [2.24, 2.45) is 0 Å². The third-order valence-corrected chi connectivity index (χ3v) is 5.61. The van der Waals surface area contributed by atoms with E-state index in [4.69, 9.17) is 0 Å². The SMILES string of the molecule is O=C(CSCc1csc(-c2ccccc2)n1)NCCc1ccc(F)cc1. The molecule has 134 valence electrons. The zero-order valence-corrected chi connectivity index (χ0v) is 15.8. The second-order valence-corrected chi connectivity index (χ2v) is 7.57. The van der Waals surface area contributed by atoms with Crippen LogP contribution in [-0.2, 0) is 17.0 Å². The summed E-state index contributed by atoms with van der Waals surface area (Å²) in [4.78, 5) is 16.5. The lowest BCUT2D eigenvalue weighted by Crippen LogP contribution is -2.27. The molecule has 3 rings (SSSR count). The van der Waals surface area contributed by atoms with Crippen LogP contribution in [-0.4, -0.2) is 23.2 Å². The van der Waals surface area contributed by atoms with E-state index < -0.39 is 0 Å². The van der Waals surface area contributed by atoms with Gasteiger partial charge in [-0.15, -0.1) is 23.1 Å². The Morgan fingerprint density at radius 1 is 1.12 bits per heavy atom. The van der Waals surface area contributed by atoms with Gasteiger partial charge in [0, 0.05) is 23.2 Å². The lowest BCUT2D eigenvalue weighted by Gasteiger charge is -2.05. The van der Waals surface area contributed by atoms with Gasteiger partial charge in [0.1, 0.15) is 10.8 Å². The van der Waals surface area contributed by atoms with Crippen LogP contribution < -0.4 is 5.32 Å². The zero-order chi connectivity index (χ0) is 18.2. The van der Waals surface area contributed by atoms with E-state index in [0.29, 0.717) is 24.5 Å². The Balaban J connectivity index is 1.36. The zero-order valence-electron chi connectivity index (χ0n) is 14.2. The van der Waals surface area contributed by atoms with Crippen molar-refractivity contribution in [1.82, 2.24) is 10.3 Å². The molecule has 0 fully saturated rings. The first kappa shape index (κ1) is 18.6. The highest BCUT2D eigenvalue weighted by atomic mass is 32.2. The molecule has 0 spiro atoms. The molecular formula is C20H19FN2OS2. The Bertz CT molecular complexity index is 835. The van der Waals surface area contributed by atoms with Gasteiger partial charge in [0.25, 0.3) is 0 Å². The number of nitrogens with zero attached hydrogens (tertiary/aromatic N) is 1. The molecule has 0 saturated heterocycles. The minimum atomic E-state index is -0.244. The highest BCUT2D eigenvalue weighted by Gasteiger charge is 2.06. The Labute approximate surface area is 160 Å². The van der Waals surface area contributed by atoms with Crippen LogP contribution in [0.3, 0.4) is 0 Å². The summed E-state index contributed by atoms with van der Waals surface area (Å²) < 4.78 is 12.8. The summed E-state index contributed by atoms with van der Waals surface area (Å²) in [5, 5.41) is 5.94. The number of aromatic nitrogens is 1. The fraction of sp³-hybridized carbons (Fsp3) is 0.200. The first-order valence-electron chi connectivity index (χ1n) is 8.29. The van der Waals surface area contributed by atoms with Crippen LogP contribution in [0.4, 0.5) is 4.39 Å². The number of hydrogen-bond acceptors (Lipinski definition) is 4. The average molecular weight is 387 g/mol. The van der Waals surface area contributed by atoms with E-state index in [1.165, 1.54) is 12.1 Å². The number of nitrogens with one attached hydrogen (secondary N) is 1. The van der Waals surface area contributed by atoms with Crippen molar-refractivity contribution in [2.75, 3.05) is 12.3 Å². The number of hydrogen-bond donors (Lipinski definition) is 1. The quantitative estimate of drug-likeness (QED) is 0.618. The summed E-state index contributed by atoms with van der Waals surface area (Å²) in [6, 6.07) is 16.4. The molecule has 2 aromatic carbocycles. The smallest absolute Gasteiger partial charge is 0.230 e. The van der Waals surface area contributed by atoms with Crippen LogP contribution in [0, 0.1) is 5.82 Å². The summed E-state index contributed by atoms with van der Waals surface area (Å²) in [6.07, 6.45) is 0.698. The Morgan fingerprint density at radius 3 is 2.65 bits per heavy atom. The number of carbonyl (C=O) groups is 1. The van der Waals surface area contributed by atoms with Crippen LogP contribution >= 0.6 is 23.1 Å². The van der Waals surface area contributed by atoms with Crippen molar-refractivity contribution in [3.05, 3.63) is 77.1 Å². The van der Waals surface area contributed by atoms with E-state index in [9.17, 15) is 9.18 Å². The fourth-order valence-electron chi connectivity index (χ4n) is 2.38. The first-order chi connectivity index (χ1) is 12.7. The van der Waals surface area contributed by atoms with Gasteiger partial charge in [-0.2, -0.15) is 0 Å². The van der Waals surface area contributed by atoms with Crippen molar-refractivity contribution < 1.29 is 9.18 Å². The lowest BCUT2D eigenvalue weighted by molar-refractivity contribution is -0.118. The van der Waals surface area contributed by atoms with Crippen LogP contribution in [0.1, 0.15) is 11.3 Å². The molecule has 0 atom stereocenters. The Morgan fingerprint density at radius 2 is 1.88 bits per heavy atom. The van der Waals surface area contributed by atoms with Crippen LogP contribution in [0.2, 0.25) is 0 Å². The van der Waals surface area contributed by atoms with E-state index in [-0.39, 0.29) is 11.7 Å². The van der Waals surface area contributed by atoms with Crippen molar-refractivity contribution >= 4 is 29.0 Å². The van der Waals surface area contributed by atoms with Crippen molar-refractivity contribution in [3.63, 3.8) is 0 Å². The molecule has 0 aliphatic heterocycles. The number of halogens is 1. The molecule has 0 unspecified atom stereocenters. The van der Waals surface area contributed by atoms with E-state index >= 15 is 0 Å². The lowest BCUT2D eigenvalue weighted by atomic mass is 10.1. The van der Waals surface area contributed by atoms with Gasteiger partial charge in [0.2, 0.25) is 5.91 Å². The summed E-state index contributed by atoms with van der Waals surface area (Å²) in [5.74, 6) is 0.887. The standard InChI is InChI=1S/C20H19FN2OS2/c21-17-8-6-15(7-9-17)10-11-22-19(24)14-25-12-18-13-26-20(23-18)16-4-2-1-3-5-16/h1-9,13H,10-12,14H2,(H,22,24). The molecule has 6 heteroatoms. The van der Waals surface area contributed by atoms with Crippen LogP contribution in [0.15, 0.2) is 60.0 Å². The second kappa shape index (κ2) is 9.50. The van der Waals surface area contributed by atoms with Gasteiger partial charge in [-0.1, -0.05) is 42.5 Å². The van der Waals surface area contributed by atoms with Crippen molar-refractivity contribution in [2.45, 2.75) is 12.2 Å². The van der Waals surface area contributed by atoms with Gasteiger partial charge in [0.05, 0.1) is 11.4 Å². The molecular weight excluding hydrogens is 367 g/mol. The molecule has 0 saturated carbocycles. The summed E-state index contributed by atoms with van der Waals surface area (Å²) in [7, 11) is 0. The fourth-order valence-corrected chi connectivity index (χ4v) is 4.06. The van der Waals surface area contributed by atoms with Gasteiger partial charge in [-0.3, -0.25) is 4.79 Å². The number of rotatable bonds is 8. The molecule has 1 aromatic heterocycles. The van der Waals surface area contributed by atoms with E-state index in [0.717, 1.165) is 21.8 Å². The van der Waals surface area contributed by atoms with Gasteiger partial charge in [0.15, 0.2) is 0 Å². The number of carbonyl (C=O) groups excluding carboxylic acids is 1. The predicted molar refractivity (Wildman–Crippen MR) is 107 cm³/mol. The largest absolute Gasteiger partial charge is 0.355 e. The Hall–Kier alpha value is -2.18. The summed E-state index contributed by atoms with van der Waals surface area (Å²) >= 11 is 3.18. The Kier molecular flexibility index (Phi) is 6.80. The topological polar surface area (TPSA) is 42.0 Å². The molecule has 3 aromatic rings. The third kappa shape index (κ3) is 5.68. The highest BCUT2D eigenvalue weighted by molar-refractivity contribution is 7.99. The summed E-state index contributed by atoms with van der Waals surface area (Å²) in [6.45, 7) is 0.555. The van der Waals surface area contributed by atoms with E-state index in [1.807, 2.05) is 35.7 Å². The molecule has 0 aliphatic rings. The minimum Gasteiger partial charge on any atom is -0.355 e. The summed E-state index contributed by atoms with van der Waals surface area (Å²) in [5.41, 5.74) is 3.13. The molecule has 3 nitrogen and oxygen atoms in total. The minimum absolute atomic E-state index is 0.00984. The second-order valence-electron chi connectivity index (χ2n) is 5.73. The van der Waals surface area contributed by atoms with Gasteiger partial charge >= 0.3 is 0 Å². The monoisotopic (exact) mass is 386 g/mol. The first-order valence-corrected chi connectivity index (χ1v) is 10.3. The number of thioether (sulfide) groups is 1. The van der Waals surface area contributed by atoms with Crippen LogP contribution in [0.5, 0.6) is 0 Å². The predicted octanol–water partition coefficient (Wildman–Crippen LogP) is 4.54. The maximum Gasteiger partial charge on any atom is 0.230 e. The van der Waals surface area contributed by atoms with E-state index in [2.05, 4.69) is 10.3 Å². The molecule has 0 radical (unpaired) electrons. The molecule has 1 N–H and O–H groups in total. The normalized spacial score (nSPS) is 10.7. The number of amides is 1. The maximum absolute atomic E-state index is 12.8. The number of thiazole rings is 1. The molecule has 0 aliphatic carbocycles. The van der Waals surface area contributed by atoms with Crippen LogP contribution in [0.25, 0.3) is 10.6 Å². The molecule has 26 heavy (non-hydrogen) atoms. The third-order valence-electron chi connectivity index (χ3n) is 3.70. The molecule has 0 bridgehead atoms. The average Bonchev–Trinajstić information content (AvgIpc) is 3.13. The maximum atomic E-state index is 12.8. The van der Waals surface area contributed by atoms with E-state index in [1.54, 1.807) is 35.2 Å². The molecule has 1 heterocycles. The van der Waals surface area contributed by atoms with Gasteiger partial charge < -0.3 is 5.32 Å². The van der Waals surface area contributed by atoms with Gasteiger partial charge in [-0.05, 0) is 24.1 Å². The van der Waals surface area contributed by atoms with Crippen molar-refractivity contribution in [1.29, 1.82) is 0 Å². The number of benzene rings is 2. The van der Waals surface area contributed by atoms with Crippen molar-refractivity contribution in [3.8, 4) is 10.6 Å². The van der Waals surface area contributed by atoms with Gasteiger partial charge in [-0.25, -0.2) is 9.37 Å². The highest BCUT2D eigenvalue weighted by Crippen LogP contribution is 2.25.